The Bertz CT molecular complexity index is 864. The van der Waals surface area contributed by atoms with Crippen LogP contribution in [-0.4, -0.2) is 42.5 Å². The van der Waals surface area contributed by atoms with E-state index in [-0.39, 0.29) is 16.9 Å². The minimum atomic E-state index is -0.323. The molecule has 29 heavy (non-hydrogen) atoms. The van der Waals surface area contributed by atoms with Gasteiger partial charge in [0.2, 0.25) is 0 Å². The van der Waals surface area contributed by atoms with Crippen molar-refractivity contribution in [2.45, 2.75) is 20.3 Å². The number of amides is 2. The van der Waals surface area contributed by atoms with E-state index in [9.17, 15) is 9.59 Å². The summed E-state index contributed by atoms with van der Waals surface area (Å²) in [5.41, 5.74) is 1.71. The average molecular weight is 414 g/mol. The lowest BCUT2D eigenvalue weighted by Crippen LogP contribution is -2.34. The fraction of sp³-hybridized carbons (Fsp3) is 0.318. The van der Waals surface area contributed by atoms with Crippen LogP contribution in [0.5, 0.6) is 5.75 Å². The van der Waals surface area contributed by atoms with Crippen LogP contribution < -0.4 is 15.4 Å². The SMILES string of the molecule is CC(C)CCOc1cccc(C(=O)NC(=S)Nc2ccc(C(=O)N(C)C)cc2)c1. The summed E-state index contributed by atoms with van der Waals surface area (Å²) in [7, 11) is 3.40. The van der Waals surface area contributed by atoms with E-state index in [1.165, 1.54) is 4.90 Å². The Kier molecular flexibility index (Phi) is 8.15. The normalized spacial score (nSPS) is 10.4. The van der Waals surface area contributed by atoms with Gasteiger partial charge in [-0.2, -0.15) is 0 Å². The summed E-state index contributed by atoms with van der Waals surface area (Å²) in [6.07, 6.45) is 0.948. The molecular weight excluding hydrogens is 386 g/mol. The minimum Gasteiger partial charge on any atom is -0.494 e. The lowest BCUT2D eigenvalue weighted by Gasteiger charge is -2.13. The predicted octanol–water partition coefficient (Wildman–Crippen LogP) is 3.94. The van der Waals surface area contributed by atoms with Gasteiger partial charge >= 0.3 is 0 Å². The Morgan fingerprint density at radius 1 is 1.07 bits per heavy atom. The maximum atomic E-state index is 12.5. The number of carbonyl (C=O) groups is 2. The van der Waals surface area contributed by atoms with Crippen molar-refractivity contribution in [3.05, 3.63) is 59.7 Å². The zero-order chi connectivity index (χ0) is 21.4. The molecule has 0 bridgehead atoms. The van der Waals surface area contributed by atoms with Crippen molar-refractivity contribution in [3.63, 3.8) is 0 Å². The van der Waals surface area contributed by atoms with Gasteiger partial charge in [-0.05, 0) is 67.0 Å². The molecule has 0 fully saturated rings. The van der Waals surface area contributed by atoms with Gasteiger partial charge in [0.25, 0.3) is 11.8 Å². The molecule has 2 aromatic rings. The number of thiocarbonyl (C=S) groups is 1. The smallest absolute Gasteiger partial charge is 0.257 e. The molecule has 154 valence electrons. The highest BCUT2D eigenvalue weighted by Crippen LogP contribution is 2.15. The number of nitrogens with zero attached hydrogens (tertiary/aromatic N) is 1. The first-order valence-electron chi connectivity index (χ1n) is 9.43. The zero-order valence-electron chi connectivity index (χ0n) is 17.2. The highest BCUT2D eigenvalue weighted by Gasteiger charge is 2.11. The molecule has 0 aromatic heterocycles. The first-order chi connectivity index (χ1) is 13.8. The maximum Gasteiger partial charge on any atom is 0.257 e. The topological polar surface area (TPSA) is 70.7 Å². The van der Waals surface area contributed by atoms with Gasteiger partial charge < -0.3 is 15.0 Å². The second-order valence-electron chi connectivity index (χ2n) is 7.24. The quantitative estimate of drug-likeness (QED) is 0.673. The summed E-state index contributed by atoms with van der Waals surface area (Å²) >= 11 is 5.22. The first kappa shape index (κ1) is 22.4. The van der Waals surface area contributed by atoms with E-state index < -0.39 is 0 Å². The molecule has 0 aliphatic carbocycles. The molecule has 0 radical (unpaired) electrons. The monoisotopic (exact) mass is 413 g/mol. The molecule has 2 rings (SSSR count). The summed E-state index contributed by atoms with van der Waals surface area (Å²) in [5.74, 6) is 0.803. The van der Waals surface area contributed by atoms with Crippen molar-refractivity contribution < 1.29 is 14.3 Å². The number of anilines is 1. The number of benzene rings is 2. The van der Waals surface area contributed by atoms with Crippen molar-refractivity contribution in [2.75, 3.05) is 26.0 Å². The van der Waals surface area contributed by atoms with E-state index in [0.717, 1.165) is 6.42 Å². The number of hydrogen-bond donors (Lipinski definition) is 2. The molecule has 0 saturated heterocycles. The number of carbonyl (C=O) groups excluding carboxylic acids is 2. The van der Waals surface area contributed by atoms with Crippen LogP contribution in [0.4, 0.5) is 5.69 Å². The van der Waals surface area contributed by atoms with Crippen molar-refractivity contribution >= 4 is 34.8 Å². The molecule has 0 spiro atoms. The first-order valence-corrected chi connectivity index (χ1v) is 9.84. The van der Waals surface area contributed by atoms with Crippen LogP contribution in [0.3, 0.4) is 0 Å². The third kappa shape index (κ3) is 7.19. The zero-order valence-corrected chi connectivity index (χ0v) is 18.0. The highest BCUT2D eigenvalue weighted by molar-refractivity contribution is 7.80. The number of rotatable bonds is 7. The largest absolute Gasteiger partial charge is 0.494 e. The van der Waals surface area contributed by atoms with Gasteiger partial charge in [-0.3, -0.25) is 14.9 Å². The van der Waals surface area contributed by atoms with Crippen molar-refractivity contribution in [1.29, 1.82) is 0 Å². The third-order valence-corrected chi connectivity index (χ3v) is 4.29. The summed E-state index contributed by atoms with van der Waals surface area (Å²) in [6.45, 7) is 4.87. The van der Waals surface area contributed by atoms with Crippen molar-refractivity contribution in [2.24, 2.45) is 5.92 Å². The molecule has 0 aliphatic rings. The van der Waals surface area contributed by atoms with Gasteiger partial charge in [0, 0.05) is 30.9 Å². The van der Waals surface area contributed by atoms with Gasteiger partial charge in [0.15, 0.2) is 5.11 Å². The second-order valence-corrected chi connectivity index (χ2v) is 7.65. The van der Waals surface area contributed by atoms with E-state index in [1.54, 1.807) is 56.6 Å². The molecule has 2 N–H and O–H groups in total. The van der Waals surface area contributed by atoms with E-state index in [4.69, 9.17) is 17.0 Å². The molecule has 6 nitrogen and oxygen atoms in total. The third-order valence-electron chi connectivity index (χ3n) is 4.08. The Balaban J connectivity index is 1.92. The fourth-order valence-electron chi connectivity index (χ4n) is 2.43. The fourth-order valence-corrected chi connectivity index (χ4v) is 2.64. The van der Waals surface area contributed by atoms with Gasteiger partial charge in [0.1, 0.15) is 5.75 Å². The molecule has 0 heterocycles. The molecule has 0 unspecified atom stereocenters. The Morgan fingerprint density at radius 2 is 1.76 bits per heavy atom. The van der Waals surface area contributed by atoms with Crippen LogP contribution in [0, 0.1) is 5.92 Å². The summed E-state index contributed by atoms with van der Waals surface area (Å²) in [4.78, 5) is 25.9. The Labute approximate surface area is 177 Å². The van der Waals surface area contributed by atoms with E-state index in [0.29, 0.717) is 35.1 Å². The van der Waals surface area contributed by atoms with Crippen LogP contribution in [-0.2, 0) is 0 Å². The summed E-state index contributed by atoms with van der Waals surface area (Å²) in [5, 5.41) is 5.77. The lowest BCUT2D eigenvalue weighted by atomic mass is 10.1. The van der Waals surface area contributed by atoms with Crippen LogP contribution in [0.25, 0.3) is 0 Å². The minimum absolute atomic E-state index is 0.0806. The maximum absolute atomic E-state index is 12.5. The summed E-state index contributed by atoms with van der Waals surface area (Å²) in [6, 6.07) is 13.9. The van der Waals surface area contributed by atoms with Crippen LogP contribution in [0.15, 0.2) is 48.5 Å². The molecule has 0 saturated carbocycles. The molecule has 7 heteroatoms. The van der Waals surface area contributed by atoms with E-state index in [1.807, 2.05) is 6.07 Å². The standard InChI is InChI=1S/C22H27N3O3S/c1-15(2)12-13-28-19-7-5-6-17(14-19)20(26)24-22(29)23-18-10-8-16(9-11-18)21(27)25(3)4/h5-11,14-15H,12-13H2,1-4H3,(H2,23,24,26,29). The van der Waals surface area contributed by atoms with Crippen LogP contribution >= 0.6 is 12.2 Å². The number of ether oxygens (including phenoxy) is 1. The summed E-state index contributed by atoms with van der Waals surface area (Å²) < 4.78 is 5.70. The highest BCUT2D eigenvalue weighted by atomic mass is 32.1. The van der Waals surface area contributed by atoms with Gasteiger partial charge in [-0.25, -0.2) is 0 Å². The van der Waals surface area contributed by atoms with Gasteiger partial charge in [-0.15, -0.1) is 0 Å². The average Bonchev–Trinajstić information content (AvgIpc) is 2.67. The lowest BCUT2D eigenvalue weighted by molar-refractivity contribution is 0.0827. The predicted molar refractivity (Wildman–Crippen MR) is 120 cm³/mol. The Morgan fingerprint density at radius 3 is 2.38 bits per heavy atom. The van der Waals surface area contributed by atoms with Crippen LogP contribution in [0.1, 0.15) is 41.0 Å². The molecular formula is C22H27N3O3S. The van der Waals surface area contributed by atoms with E-state index >= 15 is 0 Å². The second kappa shape index (κ2) is 10.6. The van der Waals surface area contributed by atoms with Crippen molar-refractivity contribution in [3.8, 4) is 5.75 Å². The van der Waals surface area contributed by atoms with Gasteiger partial charge in [0.05, 0.1) is 6.61 Å². The van der Waals surface area contributed by atoms with Gasteiger partial charge in [-0.1, -0.05) is 19.9 Å². The molecule has 2 aromatic carbocycles. The molecule has 2 amide bonds. The van der Waals surface area contributed by atoms with E-state index in [2.05, 4.69) is 24.5 Å². The molecule has 0 atom stereocenters. The van der Waals surface area contributed by atoms with Crippen molar-refractivity contribution in [1.82, 2.24) is 10.2 Å². The Hall–Kier alpha value is -2.93. The number of nitrogens with one attached hydrogen (secondary N) is 2. The number of hydrogen-bond acceptors (Lipinski definition) is 4. The van der Waals surface area contributed by atoms with Crippen LogP contribution in [0.2, 0.25) is 0 Å². The molecule has 0 aliphatic heterocycles.